The zero-order chi connectivity index (χ0) is 12.5. The van der Waals surface area contributed by atoms with Gasteiger partial charge in [-0.25, -0.2) is 4.39 Å². The Kier molecular flexibility index (Phi) is 1.75. The molecule has 0 atom stereocenters. The summed E-state index contributed by atoms with van der Waals surface area (Å²) >= 11 is 0. The molecule has 4 rings (SSSR count). The number of amides is 1. The van der Waals surface area contributed by atoms with Crippen molar-refractivity contribution in [3.8, 4) is 0 Å². The van der Waals surface area contributed by atoms with Gasteiger partial charge in [-0.1, -0.05) is 6.42 Å². The van der Waals surface area contributed by atoms with Crippen LogP contribution in [0, 0.1) is 5.82 Å². The van der Waals surface area contributed by atoms with Crippen LogP contribution in [-0.4, -0.2) is 11.9 Å². The molecule has 18 heavy (non-hydrogen) atoms. The topological polar surface area (TPSA) is 46.3 Å². The lowest BCUT2D eigenvalue weighted by Gasteiger charge is -2.37. The highest BCUT2D eigenvalue weighted by Crippen LogP contribution is 2.56. The molecule has 2 N–H and O–H groups in total. The summed E-state index contributed by atoms with van der Waals surface area (Å²) in [4.78, 5) is 14.5. The smallest absolute Gasteiger partial charge is 0.237 e. The van der Waals surface area contributed by atoms with Crippen molar-refractivity contribution < 1.29 is 9.18 Å². The number of nitrogen functional groups attached to an aromatic ring is 1. The molecule has 0 saturated heterocycles. The third kappa shape index (κ3) is 1.06. The molecule has 0 aromatic heterocycles. The minimum absolute atomic E-state index is 0.158. The first-order chi connectivity index (χ1) is 8.63. The molecule has 2 fully saturated rings. The third-order valence-electron chi connectivity index (χ3n) is 4.64. The van der Waals surface area contributed by atoms with E-state index in [1.165, 1.54) is 6.07 Å². The predicted molar refractivity (Wildman–Crippen MR) is 66.8 cm³/mol. The van der Waals surface area contributed by atoms with E-state index in [4.69, 9.17) is 5.73 Å². The van der Waals surface area contributed by atoms with Gasteiger partial charge in [-0.3, -0.25) is 4.79 Å². The maximum absolute atomic E-state index is 13.7. The van der Waals surface area contributed by atoms with Gasteiger partial charge < -0.3 is 10.6 Å². The minimum Gasteiger partial charge on any atom is -0.396 e. The second kappa shape index (κ2) is 3.05. The van der Waals surface area contributed by atoms with Gasteiger partial charge in [-0.15, -0.1) is 0 Å². The van der Waals surface area contributed by atoms with Crippen molar-refractivity contribution >= 4 is 17.3 Å². The summed E-state index contributed by atoms with van der Waals surface area (Å²) < 4.78 is 13.7. The number of rotatable bonds is 1. The van der Waals surface area contributed by atoms with E-state index < -0.39 is 5.82 Å². The van der Waals surface area contributed by atoms with E-state index in [0.717, 1.165) is 43.4 Å². The van der Waals surface area contributed by atoms with Gasteiger partial charge in [0, 0.05) is 12.1 Å². The number of halogens is 1. The molecule has 94 valence electrons. The van der Waals surface area contributed by atoms with Crippen LogP contribution in [0.4, 0.5) is 15.8 Å². The zero-order valence-electron chi connectivity index (χ0n) is 10.1. The molecule has 2 aliphatic carbocycles. The molecule has 1 amide bonds. The van der Waals surface area contributed by atoms with Gasteiger partial charge in [0.25, 0.3) is 0 Å². The van der Waals surface area contributed by atoms with E-state index in [2.05, 4.69) is 0 Å². The van der Waals surface area contributed by atoms with Crippen LogP contribution in [0.2, 0.25) is 0 Å². The van der Waals surface area contributed by atoms with Crippen LogP contribution in [-0.2, 0) is 10.2 Å². The van der Waals surface area contributed by atoms with E-state index in [-0.39, 0.29) is 17.0 Å². The monoisotopic (exact) mass is 246 g/mol. The minimum atomic E-state index is -0.413. The summed E-state index contributed by atoms with van der Waals surface area (Å²) in [6, 6.07) is 3.43. The third-order valence-corrected chi connectivity index (χ3v) is 4.64. The average Bonchev–Trinajstić information content (AvgIpc) is 3.04. The fraction of sp³-hybridized carbons (Fsp3) is 0.500. The van der Waals surface area contributed by atoms with Gasteiger partial charge in [-0.05, 0) is 37.3 Å². The molecule has 3 aliphatic rings. The second-order valence-electron chi connectivity index (χ2n) is 5.73. The summed E-state index contributed by atoms with van der Waals surface area (Å²) in [5.41, 5.74) is 7.19. The Morgan fingerprint density at radius 3 is 2.61 bits per heavy atom. The van der Waals surface area contributed by atoms with Gasteiger partial charge in [0.05, 0.1) is 16.8 Å². The lowest BCUT2D eigenvalue weighted by molar-refractivity contribution is -0.126. The molecule has 1 aromatic rings. The van der Waals surface area contributed by atoms with Crippen LogP contribution in [0.3, 0.4) is 0 Å². The van der Waals surface area contributed by atoms with Gasteiger partial charge >= 0.3 is 0 Å². The first kappa shape index (κ1) is 10.4. The van der Waals surface area contributed by atoms with Crippen molar-refractivity contribution in [1.82, 2.24) is 0 Å². The fourth-order valence-electron chi connectivity index (χ4n) is 3.33. The maximum Gasteiger partial charge on any atom is 0.237 e. The number of hydrogen-bond acceptors (Lipinski definition) is 2. The Balaban J connectivity index is 1.94. The Hall–Kier alpha value is -1.58. The molecule has 0 radical (unpaired) electrons. The number of benzene rings is 1. The van der Waals surface area contributed by atoms with Crippen molar-refractivity contribution in [3.63, 3.8) is 0 Å². The molecular weight excluding hydrogens is 231 g/mol. The van der Waals surface area contributed by atoms with Crippen molar-refractivity contribution in [2.45, 2.75) is 43.6 Å². The van der Waals surface area contributed by atoms with Crippen LogP contribution < -0.4 is 10.6 Å². The lowest BCUT2D eigenvalue weighted by atomic mass is 9.65. The van der Waals surface area contributed by atoms with Crippen molar-refractivity contribution in [3.05, 3.63) is 23.5 Å². The van der Waals surface area contributed by atoms with E-state index >= 15 is 0 Å². The number of nitrogens with zero attached hydrogens (tertiary/aromatic N) is 1. The number of fused-ring (bicyclic) bond motifs is 2. The highest BCUT2D eigenvalue weighted by Gasteiger charge is 2.57. The number of nitrogens with two attached hydrogens (primary N) is 1. The van der Waals surface area contributed by atoms with Crippen molar-refractivity contribution in [2.24, 2.45) is 0 Å². The number of carbonyl (C=O) groups excluding carboxylic acids is 1. The van der Waals surface area contributed by atoms with Crippen LogP contribution in [0.25, 0.3) is 0 Å². The van der Waals surface area contributed by atoms with Gasteiger partial charge in [0.15, 0.2) is 0 Å². The Morgan fingerprint density at radius 2 is 2.06 bits per heavy atom. The molecule has 1 aromatic carbocycles. The van der Waals surface area contributed by atoms with Crippen LogP contribution >= 0.6 is 0 Å². The SMILES string of the molecule is Nc1cc2c(cc1F)N(C1CC1)C(=O)C21CCC1. The lowest BCUT2D eigenvalue weighted by Crippen LogP contribution is -2.45. The highest BCUT2D eigenvalue weighted by molar-refractivity contribution is 6.09. The number of anilines is 2. The van der Waals surface area contributed by atoms with Crippen LogP contribution in [0.15, 0.2) is 12.1 Å². The van der Waals surface area contributed by atoms with E-state index in [0.29, 0.717) is 6.04 Å². The molecule has 1 spiro atoms. The largest absolute Gasteiger partial charge is 0.396 e. The summed E-state index contributed by atoms with van der Waals surface area (Å²) in [5, 5.41) is 0. The van der Waals surface area contributed by atoms with Gasteiger partial charge in [0.1, 0.15) is 5.82 Å². The number of hydrogen-bond donors (Lipinski definition) is 1. The maximum atomic E-state index is 13.7. The molecule has 1 aliphatic heterocycles. The Labute approximate surface area is 105 Å². The summed E-state index contributed by atoms with van der Waals surface area (Å²) in [6.07, 6.45) is 4.90. The molecular formula is C14H15FN2O. The molecule has 1 heterocycles. The normalized spacial score (nSPS) is 24.3. The zero-order valence-corrected chi connectivity index (χ0v) is 10.1. The average molecular weight is 246 g/mol. The molecule has 4 heteroatoms. The van der Waals surface area contributed by atoms with Gasteiger partial charge in [0.2, 0.25) is 5.91 Å². The van der Waals surface area contributed by atoms with Gasteiger partial charge in [-0.2, -0.15) is 0 Å². The first-order valence-corrected chi connectivity index (χ1v) is 6.57. The predicted octanol–water partition coefficient (Wildman–Crippen LogP) is 2.34. The fourth-order valence-corrected chi connectivity index (χ4v) is 3.33. The van der Waals surface area contributed by atoms with E-state index in [1.54, 1.807) is 6.07 Å². The standard InChI is InChI=1S/C14H15FN2O/c15-10-7-12-9(6-11(10)16)14(4-1-5-14)13(18)17(12)8-2-3-8/h6-8H,1-5,16H2. The van der Waals surface area contributed by atoms with Crippen molar-refractivity contribution in [2.75, 3.05) is 10.6 Å². The molecule has 0 bridgehead atoms. The molecule has 0 unspecified atom stereocenters. The highest BCUT2D eigenvalue weighted by atomic mass is 19.1. The quantitative estimate of drug-likeness (QED) is 0.773. The summed E-state index contributed by atoms with van der Waals surface area (Å²) in [5.74, 6) is -0.236. The number of carbonyl (C=O) groups is 1. The van der Waals surface area contributed by atoms with Crippen molar-refractivity contribution in [1.29, 1.82) is 0 Å². The van der Waals surface area contributed by atoms with Crippen LogP contribution in [0.5, 0.6) is 0 Å². The summed E-state index contributed by atoms with van der Waals surface area (Å²) in [7, 11) is 0. The first-order valence-electron chi connectivity index (χ1n) is 6.57. The van der Waals surface area contributed by atoms with Crippen LogP contribution in [0.1, 0.15) is 37.7 Å². The molecule has 3 nitrogen and oxygen atoms in total. The molecule has 2 saturated carbocycles. The summed E-state index contributed by atoms with van der Waals surface area (Å²) in [6.45, 7) is 0. The van der Waals surface area contributed by atoms with E-state index in [1.807, 2.05) is 4.90 Å². The second-order valence-corrected chi connectivity index (χ2v) is 5.73. The Bertz CT molecular complexity index is 561. The Morgan fingerprint density at radius 1 is 1.33 bits per heavy atom. The van der Waals surface area contributed by atoms with E-state index in [9.17, 15) is 9.18 Å².